The molecule has 0 radical (unpaired) electrons. The summed E-state index contributed by atoms with van der Waals surface area (Å²) in [5.41, 5.74) is 5.15. The zero-order chi connectivity index (χ0) is 15.5. The Bertz CT molecular complexity index is 427. The highest BCUT2D eigenvalue weighted by Crippen LogP contribution is 2.38. The van der Waals surface area contributed by atoms with Gasteiger partial charge in [0.05, 0.1) is 16.9 Å². The maximum Gasteiger partial charge on any atom is 0.242 e. The van der Waals surface area contributed by atoms with Gasteiger partial charge in [0.2, 0.25) is 11.8 Å². The van der Waals surface area contributed by atoms with Crippen LogP contribution >= 0.6 is 12.2 Å². The Labute approximate surface area is 131 Å². The Morgan fingerprint density at radius 3 is 2.24 bits per heavy atom. The number of likely N-dealkylation sites (N-methyl/N-ethyl adjacent to an activating group) is 1. The van der Waals surface area contributed by atoms with Crippen molar-refractivity contribution >= 4 is 29.0 Å². The van der Waals surface area contributed by atoms with E-state index in [2.05, 4.69) is 0 Å². The number of nitrogens with two attached hydrogens (primary N) is 1. The molecule has 21 heavy (non-hydrogen) atoms. The van der Waals surface area contributed by atoms with Crippen molar-refractivity contribution in [3.05, 3.63) is 0 Å². The van der Waals surface area contributed by atoms with E-state index in [9.17, 15) is 9.59 Å². The fourth-order valence-electron chi connectivity index (χ4n) is 3.43. The molecule has 0 aromatic carbocycles. The lowest BCUT2D eigenvalue weighted by Crippen LogP contribution is -2.52. The number of amides is 2. The van der Waals surface area contributed by atoms with Crippen molar-refractivity contribution in [1.82, 2.24) is 9.80 Å². The minimum absolute atomic E-state index is 0.0252. The molecule has 1 aliphatic heterocycles. The smallest absolute Gasteiger partial charge is 0.242 e. The third-order valence-corrected chi connectivity index (χ3v) is 5.16. The first-order valence-electron chi connectivity index (χ1n) is 7.80. The molecule has 2 aliphatic rings. The largest absolute Gasteiger partial charge is 0.392 e. The summed E-state index contributed by atoms with van der Waals surface area (Å²) in [4.78, 5) is 28.6. The lowest BCUT2D eigenvalue weighted by Gasteiger charge is -2.37. The van der Waals surface area contributed by atoms with Crippen LogP contribution in [0.25, 0.3) is 0 Å². The van der Waals surface area contributed by atoms with Crippen molar-refractivity contribution in [2.45, 2.75) is 44.9 Å². The van der Waals surface area contributed by atoms with Crippen LogP contribution in [0.2, 0.25) is 0 Å². The van der Waals surface area contributed by atoms with Gasteiger partial charge in [-0.1, -0.05) is 31.5 Å². The van der Waals surface area contributed by atoms with Crippen LogP contribution in [-0.4, -0.2) is 53.3 Å². The third-order valence-electron chi connectivity index (χ3n) is 4.77. The van der Waals surface area contributed by atoms with Crippen molar-refractivity contribution in [1.29, 1.82) is 0 Å². The van der Waals surface area contributed by atoms with Crippen LogP contribution in [0.15, 0.2) is 0 Å². The molecule has 1 saturated heterocycles. The number of nitrogens with zero attached hydrogens (tertiary/aromatic N) is 2. The number of likely N-dealkylation sites (tertiary alicyclic amines) is 1. The van der Waals surface area contributed by atoms with Crippen molar-refractivity contribution in [3.63, 3.8) is 0 Å². The van der Waals surface area contributed by atoms with Crippen LogP contribution in [-0.2, 0) is 9.59 Å². The van der Waals surface area contributed by atoms with Gasteiger partial charge in [0.1, 0.15) is 0 Å². The molecule has 0 unspecified atom stereocenters. The number of hydrogen-bond acceptors (Lipinski definition) is 3. The maximum absolute atomic E-state index is 12.8. The second-order valence-electron chi connectivity index (χ2n) is 6.26. The van der Waals surface area contributed by atoms with E-state index in [4.69, 9.17) is 18.0 Å². The molecule has 2 fully saturated rings. The van der Waals surface area contributed by atoms with Gasteiger partial charge in [-0.25, -0.2) is 0 Å². The monoisotopic (exact) mass is 311 g/mol. The summed E-state index contributed by atoms with van der Waals surface area (Å²) in [6, 6.07) is 0. The van der Waals surface area contributed by atoms with Crippen LogP contribution in [0.3, 0.4) is 0 Å². The molecule has 0 bridgehead atoms. The molecule has 2 N–H and O–H groups in total. The van der Waals surface area contributed by atoms with E-state index < -0.39 is 5.41 Å². The molecule has 0 spiro atoms. The summed E-state index contributed by atoms with van der Waals surface area (Å²) in [5, 5.41) is 0. The summed E-state index contributed by atoms with van der Waals surface area (Å²) < 4.78 is 0. The minimum Gasteiger partial charge on any atom is -0.392 e. The highest BCUT2D eigenvalue weighted by molar-refractivity contribution is 7.80. The number of carbonyl (C=O) groups is 2. The van der Waals surface area contributed by atoms with E-state index in [0.717, 1.165) is 45.2 Å². The molecular formula is C15H25N3O2S. The molecule has 0 atom stereocenters. The maximum atomic E-state index is 12.8. The fourth-order valence-corrected chi connectivity index (χ4v) is 3.72. The SMILES string of the molecule is CN(CC(=O)N1CCCC1)C(=O)C1(C(N)=S)CCCCC1. The molecule has 6 heteroatoms. The average Bonchev–Trinajstić information content (AvgIpc) is 3.01. The first-order chi connectivity index (χ1) is 9.97. The van der Waals surface area contributed by atoms with Crippen LogP contribution in [0.5, 0.6) is 0 Å². The standard InChI is InChI=1S/C15H25N3O2S/c1-17(11-12(19)18-9-5-6-10-18)14(20)15(13(16)21)7-3-2-4-8-15/h2-11H2,1H3,(H2,16,21). The Kier molecular flexibility index (Phi) is 5.19. The van der Waals surface area contributed by atoms with Gasteiger partial charge in [-0.3, -0.25) is 9.59 Å². The summed E-state index contributed by atoms with van der Waals surface area (Å²) >= 11 is 5.18. The molecular weight excluding hydrogens is 286 g/mol. The van der Waals surface area contributed by atoms with Crippen molar-refractivity contribution in [2.75, 3.05) is 26.7 Å². The van der Waals surface area contributed by atoms with Gasteiger partial charge in [-0.15, -0.1) is 0 Å². The molecule has 0 aromatic rings. The van der Waals surface area contributed by atoms with E-state index in [-0.39, 0.29) is 23.3 Å². The lowest BCUT2D eigenvalue weighted by atomic mass is 9.73. The summed E-state index contributed by atoms with van der Waals surface area (Å²) in [6.07, 6.45) is 6.59. The quantitative estimate of drug-likeness (QED) is 0.795. The Morgan fingerprint density at radius 1 is 1.14 bits per heavy atom. The molecule has 5 nitrogen and oxygen atoms in total. The number of rotatable bonds is 4. The summed E-state index contributed by atoms with van der Waals surface area (Å²) in [5.74, 6) is -0.0560. The second kappa shape index (κ2) is 6.73. The third kappa shape index (κ3) is 3.36. The van der Waals surface area contributed by atoms with E-state index in [1.807, 2.05) is 4.90 Å². The molecule has 2 rings (SSSR count). The van der Waals surface area contributed by atoms with E-state index in [1.165, 1.54) is 4.90 Å². The number of carbonyl (C=O) groups excluding carboxylic acids is 2. The van der Waals surface area contributed by atoms with E-state index in [1.54, 1.807) is 7.05 Å². The predicted octanol–water partition coefficient (Wildman–Crippen LogP) is 1.30. The predicted molar refractivity (Wildman–Crippen MR) is 85.8 cm³/mol. The zero-order valence-electron chi connectivity index (χ0n) is 12.8. The van der Waals surface area contributed by atoms with Gasteiger partial charge < -0.3 is 15.5 Å². The highest BCUT2D eigenvalue weighted by atomic mass is 32.1. The molecule has 0 aromatic heterocycles. The van der Waals surface area contributed by atoms with Gasteiger partial charge in [0.15, 0.2) is 0 Å². The molecule has 2 amide bonds. The summed E-state index contributed by atoms with van der Waals surface area (Å²) in [6.45, 7) is 1.74. The molecule has 1 heterocycles. The number of hydrogen-bond donors (Lipinski definition) is 1. The van der Waals surface area contributed by atoms with Crippen LogP contribution < -0.4 is 5.73 Å². The minimum atomic E-state index is -0.729. The van der Waals surface area contributed by atoms with Gasteiger partial charge in [-0.2, -0.15) is 0 Å². The van der Waals surface area contributed by atoms with Gasteiger partial charge >= 0.3 is 0 Å². The summed E-state index contributed by atoms with van der Waals surface area (Å²) in [7, 11) is 1.69. The average molecular weight is 311 g/mol. The van der Waals surface area contributed by atoms with Crippen molar-refractivity contribution < 1.29 is 9.59 Å². The first kappa shape index (κ1) is 16.2. The van der Waals surface area contributed by atoms with Crippen molar-refractivity contribution in [2.24, 2.45) is 11.1 Å². The zero-order valence-corrected chi connectivity index (χ0v) is 13.6. The second-order valence-corrected chi connectivity index (χ2v) is 6.70. The Hall–Kier alpha value is -1.17. The van der Waals surface area contributed by atoms with Gasteiger partial charge in [0.25, 0.3) is 0 Å². The molecule has 1 aliphatic carbocycles. The normalized spacial score (nSPS) is 21.1. The molecule has 1 saturated carbocycles. The Morgan fingerprint density at radius 2 is 1.71 bits per heavy atom. The number of thiocarbonyl (C=S) groups is 1. The van der Waals surface area contributed by atoms with Crippen molar-refractivity contribution in [3.8, 4) is 0 Å². The molecule has 118 valence electrons. The first-order valence-corrected chi connectivity index (χ1v) is 8.21. The fraction of sp³-hybridized carbons (Fsp3) is 0.800. The van der Waals surface area contributed by atoms with Crippen LogP contribution in [0, 0.1) is 5.41 Å². The van der Waals surface area contributed by atoms with Gasteiger partial charge in [0, 0.05) is 20.1 Å². The van der Waals surface area contributed by atoms with Crippen LogP contribution in [0.4, 0.5) is 0 Å². The lowest BCUT2D eigenvalue weighted by molar-refractivity contribution is -0.144. The van der Waals surface area contributed by atoms with E-state index in [0.29, 0.717) is 12.8 Å². The van der Waals surface area contributed by atoms with Gasteiger partial charge in [-0.05, 0) is 25.7 Å². The Balaban J connectivity index is 2.02. The highest BCUT2D eigenvalue weighted by Gasteiger charge is 2.44. The topological polar surface area (TPSA) is 66.6 Å². The van der Waals surface area contributed by atoms with E-state index >= 15 is 0 Å². The van der Waals surface area contributed by atoms with Crippen LogP contribution in [0.1, 0.15) is 44.9 Å².